The molecular weight excluding hydrogens is 269 g/mol. The number of hydrogen-bond donors (Lipinski definition) is 1. The fourth-order valence-electron chi connectivity index (χ4n) is 2.16. The molecule has 0 saturated carbocycles. The topological polar surface area (TPSA) is 46.9 Å². The Morgan fingerprint density at radius 3 is 2.76 bits per heavy atom. The lowest BCUT2D eigenvalue weighted by atomic mass is 10.1. The van der Waals surface area contributed by atoms with Crippen molar-refractivity contribution < 1.29 is 9.18 Å². The number of imidazole rings is 1. The molecule has 106 valence electrons. The van der Waals surface area contributed by atoms with Gasteiger partial charge in [-0.2, -0.15) is 0 Å². The molecule has 0 spiro atoms. The Morgan fingerprint density at radius 1 is 1.24 bits per heavy atom. The predicted octanol–water partition coefficient (Wildman–Crippen LogP) is 2.64. The molecule has 0 fully saturated rings. The van der Waals surface area contributed by atoms with Crippen LogP contribution in [0.15, 0.2) is 48.8 Å². The van der Waals surface area contributed by atoms with E-state index in [1.165, 1.54) is 12.1 Å². The van der Waals surface area contributed by atoms with Crippen LogP contribution in [0.5, 0.6) is 0 Å². The minimum Gasteiger partial charge on any atom is -0.348 e. The van der Waals surface area contributed by atoms with Crippen molar-refractivity contribution in [1.82, 2.24) is 14.9 Å². The maximum Gasteiger partial charge on any atom is 0.251 e. The van der Waals surface area contributed by atoms with Crippen molar-refractivity contribution in [1.29, 1.82) is 0 Å². The average molecular weight is 283 g/mol. The van der Waals surface area contributed by atoms with Gasteiger partial charge < -0.3 is 9.88 Å². The second kappa shape index (κ2) is 5.36. The van der Waals surface area contributed by atoms with Crippen molar-refractivity contribution in [2.45, 2.75) is 6.54 Å². The normalized spacial score (nSPS) is 10.8. The third-order valence-electron chi connectivity index (χ3n) is 3.35. The maximum absolute atomic E-state index is 12.8. The number of nitrogens with zero attached hydrogens (tertiary/aromatic N) is 2. The van der Waals surface area contributed by atoms with Gasteiger partial charge in [0, 0.05) is 19.2 Å². The lowest BCUT2D eigenvalue weighted by molar-refractivity contribution is 0.0951. The maximum atomic E-state index is 12.8. The van der Waals surface area contributed by atoms with Gasteiger partial charge in [-0.05, 0) is 35.9 Å². The molecule has 1 N–H and O–H groups in total. The van der Waals surface area contributed by atoms with E-state index in [4.69, 9.17) is 0 Å². The summed E-state index contributed by atoms with van der Waals surface area (Å²) in [6, 6.07) is 11.5. The summed E-state index contributed by atoms with van der Waals surface area (Å²) in [6.45, 7) is 0.360. The number of carbonyl (C=O) groups excluding carboxylic acids is 1. The van der Waals surface area contributed by atoms with Gasteiger partial charge in [-0.15, -0.1) is 0 Å². The van der Waals surface area contributed by atoms with Gasteiger partial charge in [0.05, 0.1) is 17.4 Å². The third kappa shape index (κ3) is 2.76. The van der Waals surface area contributed by atoms with Crippen molar-refractivity contribution in [3.05, 3.63) is 65.7 Å². The molecule has 0 radical (unpaired) electrons. The van der Waals surface area contributed by atoms with Crippen LogP contribution in [0.4, 0.5) is 4.39 Å². The Bertz CT molecular complexity index is 793. The predicted molar refractivity (Wildman–Crippen MR) is 78.3 cm³/mol. The summed E-state index contributed by atoms with van der Waals surface area (Å²) < 4.78 is 14.7. The Hall–Kier alpha value is -2.69. The molecule has 0 aliphatic rings. The highest BCUT2D eigenvalue weighted by molar-refractivity contribution is 5.97. The fourth-order valence-corrected chi connectivity index (χ4v) is 2.16. The second-order valence-electron chi connectivity index (χ2n) is 4.87. The summed E-state index contributed by atoms with van der Waals surface area (Å²) in [5, 5.41) is 2.81. The number of benzene rings is 2. The number of hydrogen-bond acceptors (Lipinski definition) is 2. The van der Waals surface area contributed by atoms with Gasteiger partial charge in [-0.25, -0.2) is 9.37 Å². The number of halogens is 1. The van der Waals surface area contributed by atoms with Crippen molar-refractivity contribution in [3.63, 3.8) is 0 Å². The molecule has 0 bridgehead atoms. The van der Waals surface area contributed by atoms with Crippen LogP contribution >= 0.6 is 0 Å². The molecule has 0 aliphatic carbocycles. The molecule has 1 amide bonds. The zero-order valence-electron chi connectivity index (χ0n) is 11.5. The molecule has 1 heterocycles. The Labute approximate surface area is 121 Å². The van der Waals surface area contributed by atoms with Crippen LogP contribution < -0.4 is 5.32 Å². The average Bonchev–Trinajstić information content (AvgIpc) is 2.87. The third-order valence-corrected chi connectivity index (χ3v) is 3.35. The molecule has 0 saturated heterocycles. The first-order valence-corrected chi connectivity index (χ1v) is 6.57. The smallest absolute Gasteiger partial charge is 0.251 e. The van der Waals surface area contributed by atoms with Crippen molar-refractivity contribution in [3.8, 4) is 0 Å². The van der Waals surface area contributed by atoms with E-state index in [-0.39, 0.29) is 11.7 Å². The molecule has 2 aromatic carbocycles. The zero-order valence-corrected chi connectivity index (χ0v) is 11.5. The van der Waals surface area contributed by atoms with Crippen molar-refractivity contribution >= 4 is 16.9 Å². The molecule has 21 heavy (non-hydrogen) atoms. The second-order valence-corrected chi connectivity index (χ2v) is 4.87. The lowest BCUT2D eigenvalue weighted by Crippen LogP contribution is -2.22. The van der Waals surface area contributed by atoms with E-state index in [1.54, 1.807) is 30.6 Å². The van der Waals surface area contributed by atoms with Crippen LogP contribution in [0, 0.1) is 5.82 Å². The van der Waals surface area contributed by atoms with Crippen molar-refractivity contribution in [2.75, 3.05) is 0 Å². The highest BCUT2D eigenvalue weighted by Gasteiger charge is 2.08. The Balaban J connectivity index is 1.73. The van der Waals surface area contributed by atoms with Crippen LogP contribution in [-0.2, 0) is 13.6 Å². The lowest BCUT2D eigenvalue weighted by Gasteiger charge is -2.06. The van der Waals surface area contributed by atoms with E-state index >= 15 is 0 Å². The molecule has 3 rings (SSSR count). The molecule has 0 unspecified atom stereocenters. The SMILES string of the molecule is Cn1cnc2cc(C(=O)NCc3ccc(F)cc3)ccc21. The number of aryl methyl sites for hydroxylation is 1. The molecule has 4 nitrogen and oxygen atoms in total. The monoisotopic (exact) mass is 283 g/mol. The number of nitrogens with one attached hydrogen (secondary N) is 1. The quantitative estimate of drug-likeness (QED) is 0.803. The van der Waals surface area contributed by atoms with Crippen LogP contribution in [0.2, 0.25) is 0 Å². The highest BCUT2D eigenvalue weighted by atomic mass is 19.1. The number of rotatable bonds is 3. The first-order valence-electron chi connectivity index (χ1n) is 6.57. The standard InChI is InChI=1S/C16H14FN3O/c1-20-10-19-14-8-12(4-7-15(14)20)16(21)18-9-11-2-5-13(17)6-3-11/h2-8,10H,9H2,1H3,(H,18,21). The van der Waals surface area contributed by atoms with E-state index in [0.29, 0.717) is 12.1 Å². The Kier molecular flexibility index (Phi) is 3.39. The van der Waals surface area contributed by atoms with Crippen LogP contribution in [-0.4, -0.2) is 15.5 Å². The molecule has 0 aliphatic heterocycles. The van der Waals surface area contributed by atoms with E-state index in [2.05, 4.69) is 10.3 Å². The van der Waals surface area contributed by atoms with E-state index < -0.39 is 0 Å². The van der Waals surface area contributed by atoms with Gasteiger partial charge in [0.2, 0.25) is 0 Å². The summed E-state index contributed by atoms with van der Waals surface area (Å²) in [4.78, 5) is 16.3. The summed E-state index contributed by atoms with van der Waals surface area (Å²) in [5.74, 6) is -0.461. The molecule has 0 atom stereocenters. The van der Waals surface area contributed by atoms with Crippen LogP contribution in [0.25, 0.3) is 11.0 Å². The minimum absolute atomic E-state index is 0.174. The summed E-state index contributed by atoms with van der Waals surface area (Å²) >= 11 is 0. The van der Waals surface area contributed by atoms with Gasteiger partial charge in [0.25, 0.3) is 5.91 Å². The molecule has 1 aromatic heterocycles. The summed E-state index contributed by atoms with van der Waals surface area (Å²) in [5.41, 5.74) is 3.17. The number of carbonyl (C=O) groups is 1. The number of aromatic nitrogens is 2. The first kappa shape index (κ1) is 13.3. The summed E-state index contributed by atoms with van der Waals surface area (Å²) in [6.07, 6.45) is 1.71. The van der Waals surface area contributed by atoms with Crippen LogP contribution in [0.3, 0.4) is 0 Å². The summed E-state index contributed by atoms with van der Waals surface area (Å²) in [7, 11) is 1.91. The van der Waals surface area contributed by atoms with Crippen molar-refractivity contribution in [2.24, 2.45) is 7.05 Å². The Morgan fingerprint density at radius 2 is 2.00 bits per heavy atom. The van der Waals surface area contributed by atoms with E-state index in [1.807, 2.05) is 17.7 Å². The number of amides is 1. The molecular formula is C16H14FN3O. The minimum atomic E-state index is -0.286. The molecule has 5 heteroatoms. The van der Waals surface area contributed by atoms with Gasteiger partial charge in [0.15, 0.2) is 0 Å². The van der Waals surface area contributed by atoms with Gasteiger partial charge in [0.1, 0.15) is 5.82 Å². The van der Waals surface area contributed by atoms with Gasteiger partial charge >= 0.3 is 0 Å². The largest absolute Gasteiger partial charge is 0.348 e. The van der Waals surface area contributed by atoms with Crippen LogP contribution in [0.1, 0.15) is 15.9 Å². The van der Waals surface area contributed by atoms with Gasteiger partial charge in [-0.1, -0.05) is 12.1 Å². The number of fused-ring (bicyclic) bond motifs is 1. The zero-order chi connectivity index (χ0) is 14.8. The highest BCUT2D eigenvalue weighted by Crippen LogP contribution is 2.14. The first-order chi connectivity index (χ1) is 10.1. The fraction of sp³-hybridized carbons (Fsp3) is 0.125. The van der Waals surface area contributed by atoms with Gasteiger partial charge in [-0.3, -0.25) is 4.79 Å². The van der Waals surface area contributed by atoms with E-state index in [9.17, 15) is 9.18 Å². The van der Waals surface area contributed by atoms with E-state index in [0.717, 1.165) is 16.6 Å². The molecule has 3 aromatic rings.